The standard InChI is InChI=1S/C23H26F3N3O5/c24-23(25,26)13-28-19-4-3-17(34-18-11-15-1-2-16(12-18)29(15)22(31)32)9-14(19)10-20(28)21(30)27-5-7-33-8-6-27/h3-4,9-10,15-16,18H,1-2,5-8,11-13H2,(H,31,32). The third-order valence-corrected chi connectivity index (χ3v) is 6.94. The molecule has 0 radical (unpaired) electrons. The number of fused-ring (bicyclic) bond motifs is 3. The Morgan fingerprint density at radius 3 is 2.38 bits per heavy atom. The van der Waals surface area contributed by atoms with Gasteiger partial charge in [-0.3, -0.25) is 4.79 Å². The van der Waals surface area contributed by atoms with Crippen LogP contribution in [0.4, 0.5) is 18.0 Å². The molecule has 2 atom stereocenters. The zero-order valence-corrected chi connectivity index (χ0v) is 18.5. The number of morpholine rings is 1. The van der Waals surface area contributed by atoms with Crippen molar-refractivity contribution in [3.8, 4) is 5.75 Å². The number of carbonyl (C=O) groups is 2. The first-order chi connectivity index (χ1) is 16.2. The average Bonchev–Trinajstić information content (AvgIpc) is 3.27. The number of hydrogen-bond donors (Lipinski definition) is 1. The first-order valence-electron chi connectivity index (χ1n) is 11.4. The Labute approximate surface area is 193 Å². The van der Waals surface area contributed by atoms with E-state index < -0.39 is 24.7 Å². The van der Waals surface area contributed by atoms with Crippen LogP contribution >= 0.6 is 0 Å². The molecule has 34 heavy (non-hydrogen) atoms. The van der Waals surface area contributed by atoms with Crippen molar-refractivity contribution < 1.29 is 37.3 Å². The number of piperidine rings is 1. The van der Waals surface area contributed by atoms with Gasteiger partial charge in [0.05, 0.1) is 13.2 Å². The second-order valence-corrected chi connectivity index (χ2v) is 9.14. The molecule has 3 saturated heterocycles. The third-order valence-electron chi connectivity index (χ3n) is 6.94. The number of nitrogens with zero attached hydrogens (tertiary/aromatic N) is 3. The number of ether oxygens (including phenoxy) is 2. The first-order valence-corrected chi connectivity index (χ1v) is 11.4. The Morgan fingerprint density at radius 2 is 1.76 bits per heavy atom. The van der Waals surface area contributed by atoms with Crippen LogP contribution in [0.5, 0.6) is 5.75 Å². The monoisotopic (exact) mass is 481 g/mol. The molecule has 2 aromatic rings. The van der Waals surface area contributed by atoms with E-state index in [-0.39, 0.29) is 23.9 Å². The molecule has 3 aliphatic heterocycles. The lowest BCUT2D eigenvalue weighted by Crippen LogP contribution is -2.48. The Kier molecular flexibility index (Phi) is 5.83. The largest absolute Gasteiger partial charge is 0.490 e. The van der Waals surface area contributed by atoms with Crippen molar-refractivity contribution in [2.24, 2.45) is 0 Å². The maximum absolute atomic E-state index is 13.4. The highest BCUT2D eigenvalue weighted by Gasteiger charge is 2.44. The Balaban J connectivity index is 1.40. The van der Waals surface area contributed by atoms with Crippen LogP contribution in [0.2, 0.25) is 0 Å². The molecule has 4 heterocycles. The summed E-state index contributed by atoms with van der Waals surface area (Å²) in [6.45, 7) is 0.104. The van der Waals surface area contributed by atoms with Gasteiger partial charge in [-0.15, -0.1) is 0 Å². The molecule has 0 aliphatic carbocycles. The van der Waals surface area contributed by atoms with Gasteiger partial charge < -0.3 is 28.9 Å². The summed E-state index contributed by atoms with van der Waals surface area (Å²) in [6.07, 6.45) is -2.79. The molecule has 184 valence electrons. The van der Waals surface area contributed by atoms with Gasteiger partial charge in [-0.2, -0.15) is 13.2 Å². The van der Waals surface area contributed by atoms with Crippen molar-refractivity contribution in [2.75, 3.05) is 26.3 Å². The summed E-state index contributed by atoms with van der Waals surface area (Å²) in [6, 6.07) is 6.16. The number of alkyl halides is 3. The molecule has 11 heteroatoms. The lowest BCUT2D eigenvalue weighted by molar-refractivity contribution is -0.140. The Bertz CT molecular complexity index is 1080. The highest BCUT2D eigenvalue weighted by atomic mass is 19.4. The maximum Gasteiger partial charge on any atom is 0.407 e. The first kappa shape index (κ1) is 22.8. The van der Waals surface area contributed by atoms with E-state index in [0.29, 0.717) is 55.8 Å². The van der Waals surface area contributed by atoms with Gasteiger partial charge in [0.1, 0.15) is 24.1 Å². The van der Waals surface area contributed by atoms with E-state index in [1.54, 1.807) is 18.2 Å². The molecule has 0 saturated carbocycles. The SMILES string of the molecule is O=C(c1cc2cc(OC3CC4CCC(C3)N4C(=O)O)ccc2n1CC(F)(F)F)N1CCOCC1. The number of carbonyl (C=O) groups excluding carboxylic acids is 1. The molecule has 2 amide bonds. The van der Waals surface area contributed by atoms with E-state index >= 15 is 0 Å². The normalized spacial score (nSPS) is 25.1. The third kappa shape index (κ3) is 4.40. The van der Waals surface area contributed by atoms with Crippen molar-refractivity contribution in [1.29, 1.82) is 0 Å². The predicted octanol–water partition coefficient (Wildman–Crippen LogP) is 3.73. The number of halogens is 3. The Hall–Kier alpha value is -2.95. The van der Waals surface area contributed by atoms with Crippen LogP contribution in [0.1, 0.15) is 36.2 Å². The van der Waals surface area contributed by atoms with Crippen LogP contribution in [0, 0.1) is 0 Å². The number of rotatable bonds is 4. The summed E-state index contributed by atoms with van der Waals surface area (Å²) >= 11 is 0. The minimum atomic E-state index is -4.49. The maximum atomic E-state index is 13.4. The number of benzene rings is 1. The second-order valence-electron chi connectivity index (χ2n) is 9.14. The van der Waals surface area contributed by atoms with Gasteiger partial charge in [0.2, 0.25) is 0 Å². The van der Waals surface area contributed by atoms with E-state index in [1.807, 2.05) is 0 Å². The van der Waals surface area contributed by atoms with Crippen molar-refractivity contribution in [3.63, 3.8) is 0 Å². The fourth-order valence-electron chi connectivity index (χ4n) is 5.51. The molecule has 0 spiro atoms. The van der Waals surface area contributed by atoms with E-state index in [9.17, 15) is 27.9 Å². The molecular formula is C23H26F3N3O5. The molecule has 1 aromatic carbocycles. The van der Waals surface area contributed by atoms with Crippen LogP contribution in [0.25, 0.3) is 10.9 Å². The number of hydrogen-bond acceptors (Lipinski definition) is 4. The van der Waals surface area contributed by atoms with Crippen molar-refractivity contribution in [3.05, 3.63) is 30.0 Å². The van der Waals surface area contributed by atoms with Gasteiger partial charge in [0.15, 0.2) is 0 Å². The summed E-state index contributed by atoms with van der Waals surface area (Å²) in [5.41, 5.74) is 0.293. The smallest absolute Gasteiger partial charge is 0.407 e. The van der Waals surface area contributed by atoms with Crippen LogP contribution < -0.4 is 4.74 Å². The minimum absolute atomic E-state index is 0.0146. The molecule has 2 unspecified atom stereocenters. The van der Waals surface area contributed by atoms with E-state index in [1.165, 1.54) is 15.9 Å². The summed E-state index contributed by atoms with van der Waals surface area (Å²) in [5, 5.41) is 9.92. The summed E-state index contributed by atoms with van der Waals surface area (Å²) < 4.78 is 52.5. The van der Waals surface area contributed by atoms with Crippen molar-refractivity contribution >= 4 is 22.9 Å². The molecule has 1 aromatic heterocycles. The fraction of sp³-hybridized carbons (Fsp3) is 0.565. The fourth-order valence-corrected chi connectivity index (χ4v) is 5.51. The van der Waals surface area contributed by atoms with Gasteiger partial charge in [-0.1, -0.05) is 0 Å². The quantitative estimate of drug-likeness (QED) is 0.720. The number of carboxylic acid groups (broad SMARTS) is 1. The summed E-state index contributed by atoms with van der Waals surface area (Å²) in [5.74, 6) is 0.0408. The highest BCUT2D eigenvalue weighted by molar-refractivity contribution is 5.99. The minimum Gasteiger partial charge on any atom is -0.490 e. The lowest BCUT2D eigenvalue weighted by Gasteiger charge is -2.37. The molecule has 3 fully saturated rings. The van der Waals surface area contributed by atoms with Crippen LogP contribution in [0.3, 0.4) is 0 Å². The zero-order chi connectivity index (χ0) is 24.0. The van der Waals surface area contributed by atoms with Gasteiger partial charge in [-0.25, -0.2) is 4.79 Å². The average molecular weight is 481 g/mol. The van der Waals surface area contributed by atoms with Gasteiger partial charge >= 0.3 is 12.3 Å². The van der Waals surface area contributed by atoms with Gasteiger partial charge in [-0.05, 0) is 37.1 Å². The molecule has 5 rings (SSSR count). The Morgan fingerprint density at radius 1 is 1.09 bits per heavy atom. The number of aromatic nitrogens is 1. The van der Waals surface area contributed by atoms with Gasteiger partial charge in [0, 0.05) is 48.9 Å². The van der Waals surface area contributed by atoms with Crippen LogP contribution in [-0.2, 0) is 11.3 Å². The van der Waals surface area contributed by atoms with E-state index in [0.717, 1.165) is 17.4 Å². The number of amides is 2. The second kappa shape index (κ2) is 8.68. The summed E-state index contributed by atoms with van der Waals surface area (Å²) in [7, 11) is 0. The van der Waals surface area contributed by atoms with E-state index in [4.69, 9.17) is 9.47 Å². The molecule has 8 nitrogen and oxygen atoms in total. The zero-order valence-electron chi connectivity index (χ0n) is 18.5. The van der Waals surface area contributed by atoms with E-state index in [2.05, 4.69) is 0 Å². The van der Waals surface area contributed by atoms with Gasteiger partial charge in [0.25, 0.3) is 5.91 Å². The van der Waals surface area contributed by atoms with Crippen LogP contribution in [0.15, 0.2) is 24.3 Å². The van der Waals surface area contributed by atoms with Crippen molar-refractivity contribution in [2.45, 2.75) is 56.6 Å². The lowest BCUT2D eigenvalue weighted by atomic mass is 10.00. The summed E-state index contributed by atoms with van der Waals surface area (Å²) in [4.78, 5) is 27.6. The topological polar surface area (TPSA) is 84.2 Å². The molecular weight excluding hydrogens is 455 g/mol. The molecule has 2 bridgehead atoms. The molecule has 1 N–H and O–H groups in total. The van der Waals surface area contributed by atoms with Crippen LogP contribution in [-0.4, -0.2) is 82.1 Å². The predicted molar refractivity (Wildman–Crippen MR) is 115 cm³/mol. The van der Waals surface area contributed by atoms with Crippen molar-refractivity contribution in [1.82, 2.24) is 14.4 Å². The molecule has 3 aliphatic rings. The highest BCUT2D eigenvalue weighted by Crippen LogP contribution is 2.38.